The summed E-state index contributed by atoms with van der Waals surface area (Å²) in [4.78, 5) is 26.4. The second-order valence-corrected chi connectivity index (χ2v) is 5.67. The van der Waals surface area contributed by atoms with Crippen molar-refractivity contribution >= 4 is 23.5 Å². The van der Waals surface area contributed by atoms with E-state index in [0.29, 0.717) is 17.1 Å². The van der Waals surface area contributed by atoms with Gasteiger partial charge in [-0.05, 0) is 37.1 Å². The first kappa shape index (κ1) is 16.6. The van der Waals surface area contributed by atoms with Crippen LogP contribution in [0.5, 0.6) is 0 Å². The zero-order valence-corrected chi connectivity index (χ0v) is 13.4. The fraction of sp³-hybridized carbons (Fsp3) is 0.250. The average molecular weight is 343 g/mol. The van der Waals surface area contributed by atoms with E-state index in [2.05, 4.69) is 15.0 Å². The molecule has 0 aliphatic carbocycles. The zero-order chi connectivity index (χ0) is 18.0. The molecule has 2 aromatic rings. The molecule has 2 heterocycles. The predicted molar refractivity (Wildman–Crippen MR) is 93.4 cm³/mol. The Balaban J connectivity index is 2.15. The number of aromatic nitrogens is 2. The molecule has 1 aromatic heterocycles. The first-order valence-electron chi connectivity index (χ1n) is 7.78. The van der Waals surface area contributed by atoms with Crippen molar-refractivity contribution in [2.24, 2.45) is 16.5 Å². The molecule has 0 saturated carbocycles. The molecule has 1 aromatic carbocycles. The maximum atomic E-state index is 13.3. The predicted octanol–water partition coefficient (Wildman–Crippen LogP) is 0.879. The highest BCUT2D eigenvalue weighted by Gasteiger charge is 2.24. The molecular formula is C16H18FN7O. The third kappa shape index (κ3) is 3.49. The molecule has 0 bridgehead atoms. The third-order valence-corrected chi connectivity index (χ3v) is 3.86. The Bertz CT molecular complexity index is 825. The van der Waals surface area contributed by atoms with E-state index in [1.807, 2.05) is 4.90 Å². The van der Waals surface area contributed by atoms with Crippen LogP contribution in [-0.2, 0) is 0 Å². The Morgan fingerprint density at radius 3 is 2.36 bits per heavy atom. The number of halogens is 1. The Morgan fingerprint density at radius 1 is 1.12 bits per heavy atom. The van der Waals surface area contributed by atoms with Crippen molar-refractivity contribution in [3.8, 4) is 11.3 Å². The Hall–Kier alpha value is -3.23. The van der Waals surface area contributed by atoms with Gasteiger partial charge in [0.2, 0.25) is 0 Å². The summed E-state index contributed by atoms with van der Waals surface area (Å²) < 4.78 is 13.3. The van der Waals surface area contributed by atoms with Gasteiger partial charge in [0.05, 0.1) is 0 Å². The van der Waals surface area contributed by atoms with Gasteiger partial charge in [0.1, 0.15) is 11.5 Å². The van der Waals surface area contributed by atoms with E-state index in [1.54, 1.807) is 12.1 Å². The van der Waals surface area contributed by atoms with Gasteiger partial charge in [-0.3, -0.25) is 4.79 Å². The number of amides is 1. The minimum Gasteiger partial charge on any atom is -0.382 e. The van der Waals surface area contributed by atoms with Gasteiger partial charge in [0.25, 0.3) is 0 Å². The Labute approximate surface area is 143 Å². The molecule has 25 heavy (non-hydrogen) atoms. The quantitative estimate of drug-likeness (QED) is 0.555. The number of nitrogens with zero attached hydrogens (tertiary/aromatic N) is 4. The fourth-order valence-electron chi connectivity index (χ4n) is 2.72. The van der Waals surface area contributed by atoms with Crippen LogP contribution in [0.1, 0.15) is 23.3 Å². The first-order valence-corrected chi connectivity index (χ1v) is 7.78. The van der Waals surface area contributed by atoms with Crippen molar-refractivity contribution in [2.45, 2.75) is 12.8 Å². The highest BCUT2D eigenvalue weighted by Crippen LogP contribution is 2.31. The third-order valence-electron chi connectivity index (χ3n) is 3.86. The van der Waals surface area contributed by atoms with Crippen molar-refractivity contribution < 1.29 is 9.18 Å². The summed E-state index contributed by atoms with van der Waals surface area (Å²) in [7, 11) is 0. The van der Waals surface area contributed by atoms with E-state index >= 15 is 0 Å². The van der Waals surface area contributed by atoms with Crippen LogP contribution in [0.2, 0.25) is 0 Å². The Kier molecular flexibility index (Phi) is 4.46. The lowest BCUT2D eigenvalue weighted by molar-refractivity contribution is 0.0998. The molecule has 0 unspecified atom stereocenters. The number of nitrogen functional groups attached to an aromatic ring is 1. The monoisotopic (exact) mass is 343 g/mol. The molecule has 1 aliphatic rings. The van der Waals surface area contributed by atoms with Crippen LogP contribution in [0.25, 0.3) is 11.3 Å². The highest BCUT2D eigenvalue weighted by atomic mass is 19.1. The number of aliphatic imine (C=N–C) groups is 1. The van der Waals surface area contributed by atoms with Gasteiger partial charge in [0, 0.05) is 18.7 Å². The molecule has 8 nitrogen and oxygen atoms in total. The van der Waals surface area contributed by atoms with Crippen LogP contribution >= 0.6 is 0 Å². The molecule has 1 saturated heterocycles. The summed E-state index contributed by atoms with van der Waals surface area (Å²) in [5.74, 6) is -1.03. The van der Waals surface area contributed by atoms with Gasteiger partial charge < -0.3 is 22.1 Å². The smallest absolute Gasteiger partial charge is 0.302 e. The molecule has 1 aliphatic heterocycles. The minimum absolute atomic E-state index is 0.0530. The molecule has 0 spiro atoms. The van der Waals surface area contributed by atoms with E-state index in [1.165, 1.54) is 12.1 Å². The van der Waals surface area contributed by atoms with Crippen molar-refractivity contribution in [1.82, 2.24) is 9.97 Å². The summed E-state index contributed by atoms with van der Waals surface area (Å²) in [6.07, 6.45) is 2.05. The van der Waals surface area contributed by atoms with Gasteiger partial charge in [-0.15, -0.1) is 0 Å². The first-order chi connectivity index (χ1) is 12.0. The van der Waals surface area contributed by atoms with E-state index in [9.17, 15) is 9.18 Å². The summed E-state index contributed by atoms with van der Waals surface area (Å²) in [6.45, 7) is 1.62. The highest BCUT2D eigenvalue weighted by molar-refractivity contribution is 6.04. The zero-order valence-electron chi connectivity index (χ0n) is 13.4. The van der Waals surface area contributed by atoms with Crippen molar-refractivity contribution in [1.29, 1.82) is 0 Å². The lowest BCUT2D eigenvalue weighted by atomic mass is 10.1. The fourth-order valence-corrected chi connectivity index (χ4v) is 2.72. The SMILES string of the molecule is NC(N)=NC(=O)c1nc(-c2ccc(F)cc2)c(N2CCCC2)nc1N. The standard InChI is InChI=1S/C16H18FN7O/c17-10-5-3-9(4-6-10)11-14(24-7-1-2-8-24)22-13(18)12(21-11)15(25)23-16(19)20/h3-6H,1-2,7-8H2,(H2,18,22)(H4,19,20,23,25). The lowest BCUT2D eigenvalue weighted by Gasteiger charge is -2.20. The van der Waals surface area contributed by atoms with Crippen LogP contribution in [0.3, 0.4) is 0 Å². The minimum atomic E-state index is -0.777. The number of hydrogen-bond donors (Lipinski definition) is 3. The normalized spacial score (nSPS) is 13.7. The lowest BCUT2D eigenvalue weighted by Crippen LogP contribution is -2.25. The van der Waals surface area contributed by atoms with Crippen molar-refractivity contribution in [2.75, 3.05) is 23.7 Å². The van der Waals surface area contributed by atoms with E-state index < -0.39 is 11.9 Å². The largest absolute Gasteiger partial charge is 0.382 e. The van der Waals surface area contributed by atoms with Crippen molar-refractivity contribution in [3.05, 3.63) is 35.8 Å². The van der Waals surface area contributed by atoms with Gasteiger partial charge in [-0.2, -0.15) is 4.99 Å². The van der Waals surface area contributed by atoms with Crippen LogP contribution in [0.15, 0.2) is 29.3 Å². The summed E-state index contributed by atoms with van der Waals surface area (Å²) in [5, 5.41) is 0. The van der Waals surface area contributed by atoms with E-state index in [4.69, 9.17) is 17.2 Å². The maximum absolute atomic E-state index is 13.3. The van der Waals surface area contributed by atoms with Crippen LogP contribution < -0.4 is 22.1 Å². The van der Waals surface area contributed by atoms with Crippen molar-refractivity contribution in [3.63, 3.8) is 0 Å². The molecule has 9 heteroatoms. The molecule has 0 atom stereocenters. The number of guanidine groups is 1. The summed E-state index contributed by atoms with van der Waals surface area (Å²) in [6, 6.07) is 5.78. The topological polar surface area (TPSA) is 137 Å². The molecule has 1 fully saturated rings. The van der Waals surface area contributed by atoms with E-state index in [-0.39, 0.29) is 17.3 Å². The molecule has 0 radical (unpaired) electrons. The number of hydrogen-bond acceptors (Lipinski definition) is 5. The van der Waals surface area contributed by atoms with Gasteiger partial charge in [-0.25, -0.2) is 14.4 Å². The second-order valence-electron chi connectivity index (χ2n) is 5.67. The molecule has 1 amide bonds. The van der Waals surface area contributed by atoms with Crippen LogP contribution in [-0.4, -0.2) is 34.9 Å². The number of nitrogens with two attached hydrogens (primary N) is 3. The maximum Gasteiger partial charge on any atom is 0.302 e. The van der Waals surface area contributed by atoms with Gasteiger partial charge in [0.15, 0.2) is 23.3 Å². The van der Waals surface area contributed by atoms with E-state index in [0.717, 1.165) is 25.9 Å². The number of anilines is 2. The number of benzene rings is 1. The van der Waals surface area contributed by atoms with Crippen LogP contribution in [0.4, 0.5) is 16.0 Å². The molecule has 3 rings (SSSR count). The van der Waals surface area contributed by atoms with Gasteiger partial charge >= 0.3 is 5.91 Å². The molecular weight excluding hydrogens is 325 g/mol. The molecule has 6 N–H and O–H groups in total. The van der Waals surface area contributed by atoms with Gasteiger partial charge in [-0.1, -0.05) is 0 Å². The number of carbonyl (C=O) groups excluding carboxylic acids is 1. The second kappa shape index (κ2) is 6.71. The number of carbonyl (C=O) groups is 1. The van der Waals surface area contributed by atoms with Crippen LogP contribution in [0, 0.1) is 5.82 Å². The Morgan fingerprint density at radius 2 is 1.76 bits per heavy atom. The summed E-state index contributed by atoms with van der Waals surface area (Å²) in [5.41, 5.74) is 17.3. The average Bonchev–Trinajstić information content (AvgIpc) is 3.09. The number of rotatable bonds is 3. The molecule has 130 valence electrons. The summed E-state index contributed by atoms with van der Waals surface area (Å²) >= 11 is 0.